The van der Waals surface area contributed by atoms with Crippen molar-refractivity contribution < 1.29 is 4.52 Å². The quantitative estimate of drug-likeness (QED) is 0.838. The van der Waals surface area contributed by atoms with Gasteiger partial charge in [-0.3, -0.25) is 0 Å². The molecule has 2 N–H and O–H groups in total. The molecule has 0 bridgehead atoms. The van der Waals surface area contributed by atoms with Crippen LogP contribution in [0.4, 0.5) is 5.95 Å². The van der Waals surface area contributed by atoms with Gasteiger partial charge in [-0.1, -0.05) is 13.8 Å². The second-order valence-electron chi connectivity index (χ2n) is 5.89. The highest BCUT2D eigenvalue weighted by molar-refractivity contribution is 5.28. The van der Waals surface area contributed by atoms with Gasteiger partial charge < -0.3 is 15.2 Å². The number of rotatable bonds is 6. The molecule has 2 rings (SSSR count). The van der Waals surface area contributed by atoms with E-state index in [1.54, 1.807) is 0 Å². The largest absolute Gasteiger partial charge is 0.338 e. The van der Waals surface area contributed by atoms with Crippen molar-refractivity contribution in [1.29, 1.82) is 0 Å². The maximum atomic E-state index is 5.61. The number of nitrogens with zero attached hydrogens (tertiary/aromatic N) is 3. The molecule has 0 unspecified atom stereocenters. The summed E-state index contributed by atoms with van der Waals surface area (Å²) in [5.41, 5.74) is 5.86. The van der Waals surface area contributed by atoms with E-state index in [0.717, 1.165) is 50.7 Å². The van der Waals surface area contributed by atoms with Crippen molar-refractivity contribution in [2.45, 2.75) is 46.0 Å². The van der Waals surface area contributed by atoms with Gasteiger partial charge >= 0.3 is 0 Å². The fraction of sp³-hybridized carbons (Fsp3) is 0.846. The van der Waals surface area contributed by atoms with Crippen LogP contribution < -0.4 is 10.6 Å². The molecule has 5 nitrogen and oxygen atoms in total. The maximum absolute atomic E-state index is 5.61. The minimum absolute atomic E-state index is 0.247. The van der Waals surface area contributed by atoms with Crippen LogP contribution in [-0.4, -0.2) is 29.8 Å². The molecule has 1 fully saturated rings. The van der Waals surface area contributed by atoms with Gasteiger partial charge in [-0.15, -0.1) is 0 Å². The zero-order valence-electron chi connectivity index (χ0n) is 11.5. The Balaban J connectivity index is 1.86. The van der Waals surface area contributed by atoms with Crippen LogP contribution in [0.2, 0.25) is 0 Å². The van der Waals surface area contributed by atoms with Crippen LogP contribution in [0.3, 0.4) is 0 Å². The fourth-order valence-electron chi connectivity index (χ4n) is 2.35. The molecule has 0 aromatic carbocycles. The van der Waals surface area contributed by atoms with E-state index in [1.165, 1.54) is 12.8 Å². The summed E-state index contributed by atoms with van der Waals surface area (Å²) in [7, 11) is 0. The summed E-state index contributed by atoms with van der Waals surface area (Å²) in [6, 6.07) is 0. The summed E-state index contributed by atoms with van der Waals surface area (Å²) in [6.07, 6.45) is 5.36. The Labute approximate surface area is 109 Å². The first-order valence-corrected chi connectivity index (χ1v) is 6.88. The van der Waals surface area contributed by atoms with E-state index < -0.39 is 0 Å². The molecule has 1 aromatic rings. The van der Waals surface area contributed by atoms with E-state index in [4.69, 9.17) is 10.3 Å². The summed E-state index contributed by atoms with van der Waals surface area (Å²) < 4.78 is 5.32. The van der Waals surface area contributed by atoms with Gasteiger partial charge in [0.05, 0.1) is 0 Å². The Morgan fingerprint density at radius 1 is 1.28 bits per heavy atom. The number of hydrogen-bond donors (Lipinski definition) is 1. The number of nitrogens with two attached hydrogens (primary N) is 1. The van der Waals surface area contributed by atoms with Crippen LogP contribution in [0.25, 0.3) is 0 Å². The number of hydrogen-bond acceptors (Lipinski definition) is 5. The predicted molar refractivity (Wildman–Crippen MR) is 71.5 cm³/mol. The van der Waals surface area contributed by atoms with Crippen LogP contribution in [-0.2, 0) is 6.42 Å². The summed E-state index contributed by atoms with van der Waals surface area (Å²) in [5.74, 6) is 1.51. The smallest absolute Gasteiger partial charge is 0.266 e. The molecule has 0 radical (unpaired) electrons. The zero-order chi connectivity index (χ0) is 13.0. The number of anilines is 1. The average Bonchev–Trinajstić information content (AvgIpc) is 2.97. The van der Waals surface area contributed by atoms with Crippen LogP contribution in [0.15, 0.2) is 4.52 Å². The molecular formula is C13H24N4O. The highest BCUT2D eigenvalue weighted by Crippen LogP contribution is 2.26. The van der Waals surface area contributed by atoms with Crippen LogP contribution in [0.1, 0.15) is 45.4 Å². The first-order valence-electron chi connectivity index (χ1n) is 6.88. The van der Waals surface area contributed by atoms with E-state index in [2.05, 4.69) is 28.9 Å². The van der Waals surface area contributed by atoms with Crippen molar-refractivity contribution in [1.82, 2.24) is 10.1 Å². The maximum Gasteiger partial charge on any atom is 0.266 e. The molecule has 0 atom stereocenters. The van der Waals surface area contributed by atoms with Crippen molar-refractivity contribution in [2.24, 2.45) is 11.1 Å². The lowest BCUT2D eigenvalue weighted by Gasteiger charge is -2.22. The topological polar surface area (TPSA) is 68.2 Å². The monoisotopic (exact) mass is 252 g/mol. The fourth-order valence-corrected chi connectivity index (χ4v) is 2.35. The summed E-state index contributed by atoms with van der Waals surface area (Å²) in [4.78, 5) is 6.66. The normalized spacial score (nSPS) is 16.5. The molecule has 1 aliphatic rings. The highest BCUT2D eigenvalue weighted by atomic mass is 16.5. The molecule has 1 saturated heterocycles. The Bertz CT molecular complexity index is 369. The standard InChI is InChI=1S/C13H24N4O/c1-13(2,7-8-14)6-5-11-15-12(16-18-11)17-9-3-4-10-17/h3-10,14H2,1-2H3. The van der Waals surface area contributed by atoms with Crippen molar-refractivity contribution in [3.63, 3.8) is 0 Å². The highest BCUT2D eigenvalue weighted by Gasteiger charge is 2.21. The van der Waals surface area contributed by atoms with Gasteiger partial charge in [0, 0.05) is 19.5 Å². The number of aromatic nitrogens is 2. The van der Waals surface area contributed by atoms with Gasteiger partial charge in [-0.25, -0.2) is 0 Å². The average molecular weight is 252 g/mol. The van der Waals surface area contributed by atoms with Crippen molar-refractivity contribution >= 4 is 5.95 Å². The van der Waals surface area contributed by atoms with Crippen molar-refractivity contribution in [3.05, 3.63) is 5.89 Å². The molecular weight excluding hydrogens is 228 g/mol. The first kappa shape index (κ1) is 13.3. The van der Waals surface area contributed by atoms with Crippen LogP contribution in [0, 0.1) is 5.41 Å². The van der Waals surface area contributed by atoms with Crippen molar-refractivity contribution in [2.75, 3.05) is 24.5 Å². The molecule has 18 heavy (non-hydrogen) atoms. The lowest BCUT2D eigenvalue weighted by Crippen LogP contribution is -2.19. The molecule has 102 valence electrons. The Hall–Kier alpha value is -1.10. The molecule has 0 amide bonds. The van der Waals surface area contributed by atoms with Crippen LogP contribution in [0.5, 0.6) is 0 Å². The van der Waals surface area contributed by atoms with Gasteiger partial charge in [0.15, 0.2) is 0 Å². The summed E-state index contributed by atoms with van der Waals surface area (Å²) >= 11 is 0. The third-order valence-corrected chi connectivity index (χ3v) is 3.68. The Morgan fingerprint density at radius 3 is 2.67 bits per heavy atom. The van der Waals surface area contributed by atoms with E-state index in [9.17, 15) is 0 Å². The first-order chi connectivity index (χ1) is 8.61. The van der Waals surface area contributed by atoms with Crippen LogP contribution >= 0.6 is 0 Å². The van der Waals surface area contributed by atoms with Gasteiger partial charge in [-0.2, -0.15) is 4.98 Å². The van der Waals surface area contributed by atoms with E-state index >= 15 is 0 Å². The minimum atomic E-state index is 0.247. The van der Waals surface area contributed by atoms with Gasteiger partial charge in [0.1, 0.15) is 0 Å². The third-order valence-electron chi connectivity index (χ3n) is 3.68. The van der Waals surface area contributed by atoms with Crippen molar-refractivity contribution in [3.8, 4) is 0 Å². The predicted octanol–water partition coefficient (Wildman–Crippen LogP) is 1.98. The molecule has 0 spiro atoms. The lowest BCUT2D eigenvalue weighted by atomic mass is 9.84. The second kappa shape index (κ2) is 5.69. The molecule has 5 heteroatoms. The van der Waals surface area contributed by atoms with E-state index in [-0.39, 0.29) is 5.41 Å². The van der Waals surface area contributed by atoms with E-state index in [1.807, 2.05) is 0 Å². The second-order valence-corrected chi connectivity index (χ2v) is 5.89. The number of aryl methyl sites for hydroxylation is 1. The molecule has 2 heterocycles. The Morgan fingerprint density at radius 2 is 2.00 bits per heavy atom. The molecule has 0 saturated carbocycles. The Kier molecular flexibility index (Phi) is 4.22. The third kappa shape index (κ3) is 3.45. The summed E-state index contributed by atoms with van der Waals surface area (Å²) in [5, 5.41) is 4.06. The molecule has 0 aliphatic carbocycles. The van der Waals surface area contributed by atoms with Gasteiger partial charge in [0.25, 0.3) is 5.95 Å². The lowest BCUT2D eigenvalue weighted by molar-refractivity contribution is 0.289. The SMILES string of the molecule is CC(C)(CCN)CCc1nc(N2CCCC2)no1. The molecule has 1 aromatic heterocycles. The minimum Gasteiger partial charge on any atom is -0.338 e. The van der Waals surface area contributed by atoms with E-state index in [0.29, 0.717) is 0 Å². The van der Waals surface area contributed by atoms with Gasteiger partial charge in [-0.05, 0) is 42.8 Å². The van der Waals surface area contributed by atoms with Gasteiger partial charge in [0.2, 0.25) is 5.89 Å². The summed E-state index contributed by atoms with van der Waals surface area (Å²) in [6.45, 7) is 7.31. The molecule has 1 aliphatic heterocycles. The zero-order valence-corrected chi connectivity index (χ0v) is 11.5.